The minimum atomic E-state index is -0.0821. The van der Waals surface area contributed by atoms with E-state index in [0.717, 1.165) is 16.7 Å². The van der Waals surface area contributed by atoms with E-state index >= 15 is 0 Å². The molecule has 0 amide bonds. The molecule has 0 radical (unpaired) electrons. The van der Waals surface area contributed by atoms with Gasteiger partial charge in [-0.05, 0) is 45.9 Å². The number of likely N-dealkylation sites (N-methyl/N-ethyl adjacent to an activating group) is 1. The maximum atomic E-state index is 4.13. The van der Waals surface area contributed by atoms with Gasteiger partial charge in [0, 0.05) is 5.54 Å². The van der Waals surface area contributed by atoms with Crippen LogP contribution in [0.15, 0.2) is 48.1 Å². The summed E-state index contributed by atoms with van der Waals surface area (Å²) in [5.74, 6) is 0. The first-order chi connectivity index (χ1) is 6.85. The van der Waals surface area contributed by atoms with E-state index in [1.54, 1.807) is 0 Å². The van der Waals surface area contributed by atoms with Gasteiger partial charge in [0.15, 0.2) is 0 Å². The fourth-order valence-corrected chi connectivity index (χ4v) is 1.11. The first-order valence-corrected chi connectivity index (χ1v) is 5.23. The lowest BCUT2D eigenvalue weighted by Gasteiger charge is -2.27. The highest BCUT2D eigenvalue weighted by Gasteiger charge is 2.20. The van der Waals surface area contributed by atoms with Crippen molar-refractivity contribution in [2.45, 2.75) is 33.2 Å². The van der Waals surface area contributed by atoms with Crippen LogP contribution in [0.3, 0.4) is 0 Å². The van der Waals surface area contributed by atoms with Crippen LogP contribution in [0.4, 0.5) is 0 Å². The van der Waals surface area contributed by atoms with Gasteiger partial charge in [0.1, 0.15) is 0 Å². The molecule has 84 valence electrons. The highest BCUT2D eigenvalue weighted by atomic mass is 14.9. The number of hydrogen-bond acceptors (Lipinski definition) is 1. The molecule has 1 nitrogen and oxygen atoms in total. The molecule has 0 saturated heterocycles. The van der Waals surface area contributed by atoms with Crippen LogP contribution in [0.1, 0.15) is 27.7 Å². The third-order valence-corrected chi connectivity index (χ3v) is 2.59. The lowest BCUT2D eigenvalue weighted by Crippen LogP contribution is -2.38. The Hall–Kier alpha value is -1.08. The van der Waals surface area contributed by atoms with Crippen molar-refractivity contribution in [3.05, 3.63) is 48.1 Å². The highest BCUT2D eigenvalue weighted by Crippen LogP contribution is 2.22. The summed E-state index contributed by atoms with van der Waals surface area (Å²) in [4.78, 5) is 0. The van der Waals surface area contributed by atoms with E-state index in [9.17, 15) is 0 Å². The molecule has 0 aromatic carbocycles. The van der Waals surface area contributed by atoms with E-state index < -0.39 is 0 Å². The summed E-state index contributed by atoms with van der Waals surface area (Å²) in [6.45, 7) is 16.2. The molecule has 0 aliphatic carbocycles. The quantitative estimate of drug-likeness (QED) is 0.676. The van der Waals surface area contributed by atoms with E-state index in [1.165, 1.54) is 0 Å². The van der Waals surface area contributed by atoms with E-state index in [2.05, 4.69) is 44.5 Å². The number of rotatable bonds is 5. The number of hydrogen-bond donors (Lipinski definition) is 1. The summed E-state index contributed by atoms with van der Waals surface area (Å²) in [5.41, 5.74) is 3.20. The van der Waals surface area contributed by atoms with E-state index in [0.29, 0.717) is 0 Å². The predicted molar refractivity (Wildman–Crippen MR) is 70.0 cm³/mol. The van der Waals surface area contributed by atoms with Gasteiger partial charge in [-0.1, -0.05) is 37.0 Å². The van der Waals surface area contributed by atoms with Crippen molar-refractivity contribution in [3.8, 4) is 0 Å². The third-order valence-electron chi connectivity index (χ3n) is 2.59. The zero-order valence-electron chi connectivity index (χ0n) is 10.6. The second-order valence-electron chi connectivity index (χ2n) is 4.28. The van der Waals surface area contributed by atoms with Crippen LogP contribution in [-0.4, -0.2) is 12.6 Å². The Labute approximate surface area is 94.3 Å². The van der Waals surface area contributed by atoms with Gasteiger partial charge < -0.3 is 5.32 Å². The van der Waals surface area contributed by atoms with Crippen LogP contribution >= 0.6 is 0 Å². The summed E-state index contributed by atoms with van der Waals surface area (Å²) in [6, 6.07) is 0. The lowest BCUT2D eigenvalue weighted by molar-refractivity contribution is 0.505. The average Bonchev–Trinajstić information content (AvgIpc) is 2.18. The summed E-state index contributed by atoms with van der Waals surface area (Å²) in [7, 11) is 1.95. The van der Waals surface area contributed by atoms with Crippen LogP contribution in [0.25, 0.3) is 0 Å². The Morgan fingerprint density at radius 3 is 2.07 bits per heavy atom. The zero-order valence-corrected chi connectivity index (χ0v) is 10.6. The Morgan fingerprint density at radius 2 is 1.73 bits per heavy atom. The van der Waals surface area contributed by atoms with Crippen molar-refractivity contribution < 1.29 is 0 Å². The van der Waals surface area contributed by atoms with Crippen LogP contribution in [0.5, 0.6) is 0 Å². The average molecular weight is 205 g/mol. The van der Waals surface area contributed by atoms with Crippen LogP contribution in [0.2, 0.25) is 0 Å². The molecule has 0 aliphatic rings. The largest absolute Gasteiger partial charge is 0.311 e. The molecule has 0 saturated carbocycles. The zero-order chi connectivity index (χ0) is 12.1. The van der Waals surface area contributed by atoms with Crippen molar-refractivity contribution in [1.82, 2.24) is 5.32 Å². The van der Waals surface area contributed by atoms with Gasteiger partial charge in [0.25, 0.3) is 0 Å². The molecule has 0 unspecified atom stereocenters. The van der Waals surface area contributed by atoms with Gasteiger partial charge in [-0.25, -0.2) is 0 Å². The molecule has 1 N–H and O–H groups in total. The number of nitrogens with one attached hydrogen (secondary N) is 1. The maximum Gasteiger partial charge on any atom is 0.0374 e. The molecule has 0 aliphatic heterocycles. The van der Waals surface area contributed by atoms with Gasteiger partial charge in [0.05, 0.1) is 0 Å². The SMILES string of the molecule is C=C(C)/C=C\C(=C/C)C(=C)C(C)(C)NC. The molecule has 1 heteroatoms. The van der Waals surface area contributed by atoms with Crippen molar-refractivity contribution in [2.75, 3.05) is 7.05 Å². The van der Waals surface area contributed by atoms with Gasteiger partial charge >= 0.3 is 0 Å². The molecule has 0 rings (SSSR count). The van der Waals surface area contributed by atoms with Gasteiger partial charge in [-0.2, -0.15) is 0 Å². The number of allylic oxidation sites excluding steroid dienone is 4. The van der Waals surface area contributed by atoms with Crippen molar-refractivity contribution in [3.63, 3.8) is 0 Å². The van der Waals surface area contributed by atoms with E-state index in [4.69, 9.17) is 0 Å². The van der Waals surface area contributed by atoms with Gasteiger partial charge in [-0.15, -0.1) is 0 Å². The molecule has 0 aromatic rings. The Morgan fingerprint density at radius 1 is 1.20 bits per heavy atom. The molecular weight excluding hydrogens is 182 g/mol. The summed E-state index contributed by atoms with van der Waals surface area (Å²) < 4.78 is 0. The van der Waals surface area contributed by atoms with Crippen LogP contribution in [-0.2, 0) is 0 Å². The summed E-state index contributed by atoms with van der Waals surface area (Å²) >= 11 is 0. The smallest absolute Gasteiger partial charge is 0.0374 e. The second kappa shape index (κ2) is 5.72. The molecule has 0 bridgehead atoms. The molecule has 0 fully saturated rings. The maximum absolute atomic E-state index is 4.13. The molecule has 0 heterocycles. The molecule has 0 atom stereocenters. The summed E-state index contributed by atoms with van der Waals surface area (Å²) in [5, 5.41) is 3.25. The standard InChI is InChI=1S/C14H23N/c1-8-13(10-9-11(2)3)12(4)14(5,6)15-7/h8-10,15H,2,4H2,1,3,5-7H3/b10-9-,13-8+. The minimum absolute atomic E-state index is 0.0821. The fourth-order valence-electron chi connectivity index (χ4n) is 1.11. The van der Waals surface area contributed by atoms with Crippen LogP contribution in [0, 0.1) is 0 Å². The van der Waals surface area contributed by atoms with Crippen molar-refractivity contribution in [1.29, 1.82) is 0 Å². The molecular formula is C14H23N. The van der Waals surface area contributed by atoms with Crippen molar-refractivity contribution in [2.24, 2.45) is 0 Å². The normalized spacial score (nSPS) is 13.3. The molecule has 0 spiro atoms. The second-order valence-corrected chi connectivity index (χ2v) is 4.28. The monoisotopic (exact) mass is 205 g/mol. The Kier molecular flexibility index (Phi) is 5.31. The molecule has 0 aromatic heterocycles. The van der Waals surface area contributed by atoms with Crippen LogP contribution < -0.4 is 5.32 Å². The first kappa shape index (κ1) is 13.9. The van der Waals surface area contributed by atoms with E-state index in [1.807, 2.05) is 27.0 Å². The van der Waals surface area contributed by atoms with Gasteiger partial charge in [0.2, 0.25) is 0 Å². The first-order valence-electron chi connectivity index (χ1n) is 5.23. The summed E-state index contributed by atoms with van der Waals surface area (Å²) in [6.07, 6.45) is 6.14. The Bertz CT molecular complexity index is 303. The third kappa shape index (κ3) is 4.30. The minimum Gasteiger partial charge on any atom is -0.311 e. The predicted octanol–water partition coefficient (Wildman–Crippen LogP) is 3.62. The van der Waals surface area contributed by atoms with Gasteiger partial charge in [-0.3, -0.25) is 0 Å². The lowest BCUT2D eigenvalue weighted by atomic mass is 9.89. The fraction of sp³-hybridized carbons (Fsp3) is 0.429. The molecule has 15 heavy (non-hydrogen) atoms. The highest BCUT2D eigenvalue weighted by molar-refractivity contribution is 5.44. The Balaban J connectivity index is 4.88. The topological polar surface area (TPSA) is 12.0 Å². The van der Waals surface area contributed by atoms with Crippen molar-refractivity contribution >= 4 is 0 Å². The van der Waals surface area contributed by atoms with E-state index in [-0.39, 0.29) is 5.54 Å².